The molecule has 2 aromatic carbocycles. The van der Waals surface area contributed by atoms with Crippen molar-refractivity contribution < 1.29 is 4.74 Å². The lowest BCUT2D eigenvalue weighted by atomic mass is 9.91. The van der Waals surface area contributed by atoms with Crippen molar-refractivity contribution in [2.75, 3.05) is 26.2 Å². The average molecular weight is 377 g/mol. The molecule has 1 aliphatic rings. The van der Waals surface area contributed by atoms with Gasteiger partial charge in [-0.1, -0.05) is 35.9 Å². The molecule has 0 bridgehead atoms. The third kappa shape index (κ3) is 6.27. The number of hydrazine groups is 1. The fourth-order valence-electron chi connectivity index (χ4n) is 3.19. The van der Waals surface area contributed by atoms with E-state index in [0.29, 0.717) is 6.61 Å². The minimum Gasteiger partial charge on any atom is -0.492 e. The Kier molecular flexibility index (Phi) is 7.12. The number of piperidine rings is 1. The molecule has 0 amide bonds. The monoisotopic (exact) mass is 376 g/mol. The van der Waals surface area contributed by atoms with Crippen LogP contribution in [0.2, 0.25) is 5.02 Å². The normalized spacial score (nSPS) is 16.1. The van der Waals surface area contributed by atoms with Crippen molar-refractivity contribution in [1.29, 1.82) is 0 Å². The maximum Gasteiger partial charge on any atom is 0.119 e. The molecule has 134 valence electrons. The Hall–Kier alpha value is -1.12. The van der Waals surface area contributed by atoms with Gasteiger partial charge in [0.25, 0.3) is 0 Å². The molecule has 0 radical (unpaired) electrons. The molecular weight excluding hydrogens is 351 g/mol. The molecule has 1 saturated heterocycles. The molecule has 25 heavy (non-hydrogen) atoms. The van der Waals surface area contributed by atoms with E-state index in [0.717, 1.165) is 42.7 Å². The number of rotatable bonds is 7. The molecule has 2 aromatic rings. The van der Waals surface area contributed by atoms with Crippen LogP contribution in [-0.4, -0.2) is 31.3 Å². The zero-order valence-corrected chi connectivity index (χ0v) is 16.4. The molecule has 3 rings (SSSR count). The van der Waals surface area contributed by atoms with E-state index in [1.165, 1.54) is 23.7 Å². The molecule has 1 unspecified atom stereocenters. The predicted octanol–water partition coefficient (Wildman–Crippen LogP) is 3.68. The minimum atomic E-state index is 0.681. The first-order valence-electron chi connectivity index (χ1n) is 8.90. The van der Waals surface area contributed by atoms with E-state index in [-0.39, 0.29) is 0 Å². The number of ether oxygens (including phenoxy) is 1. The number of halogens is 1. The molecule has 0 spiro atoms. The van der Waals surface area contributed by atoms with E-state index in [2.05, 4.69) is 31.8 Å². The van der Waals surface area contributed by atoms with Crippen molar-refractivity contribution >= 4 is 26.1 Å². The Labute approximate surface area is 157 Å². The highest BCUT2D eigenvalue weighted by atomic mass is 35.5. The number of nitrogens with zero attached hydrogens (tertiary/aromatic N) is 1. The van der Waals surface area contributed by atoms with Crippen molar-refractivity contribution in [3.63, 3.8) is 0 Å². The topological polar surface area (TPSA) is 24.5 Å². The van der Waals surface area contributed by atoms with Crippen LogP contribution in [0.1, 0.15) is 18.4 Å². The van der Waals surface area contributed by atoms with Crippen LogP contribution in [-0.2, 0) is 6.42 Å². The van der Waals surface area contributed by atoms with E-state index in [4.69, 9.17) is 16.3 Å². The summed E-state index contributed by atoms with van der Waals surface area (Å²) in [5.74, 6) is 1.69. The SMILES string of the molecule is Pc1ccc(OCCNN2CCC(Cc3ccc(Cl)cc3)CC2)cc1. The lowest BCUT2D eigenvalue weighted by Gasteiger charge is -2.32. The van der Waals surface area contributed by atoms with Crippen LogP contribution in [0.3, 0.4) is 0 Å². The Morgan fingerprint density at radius 1 is 1.04 bits per heavy atom. The summed E-state index contributed by atoms with van der Waals surface area (Å²) in [4.78, 5) is 0. The highest BCUT2D eigenvalue weighted by molar-refractivity contribution is 7.27. The highest BCUT2D eigenvalue weighted by Gasteiger charge is 2.19. The van der Waals surface area contributed by atoms with Crippen LogP contribution in [0.15, 0.2) is 48.5 Å². The number of nitrogens with one attached hydrogen (secondary N) is 1. The number of benzene rings is 2. The van der Waals surface area contributed by atoms with Gasteiger partial charge in [0.05, 0.1) is 0 Å². The van der Waals surface area contributed by atoms with Gasteiger partial charge in [0, 0.05) is 24.7 Å². The van der Waals surface area contributed by atoms with Gasteiger partial charge < -0.3 is 4.74 Å². The minimum absolute atomic E-state index is 0.681. The van der Waals surface area contributed by atoms with Crippen LogP contribution < -0.4 is 15.5 Å². The molecule has 5 heteroatoms. The van der Waals surface area contributed by atoms with Crippen molar-refractivity contribution in [3.8, 4) is 5.75 Å². The lowest BCUT2D eigenvalue weighted by molar-refractivity contribution is 0.115. The van der Waals surface area contributed by atoms with E-state index < -0.39 is 0 Å². The molecule has 1 atom stereocenters. The zero-order chi connectivity index (χ0) is 17.5. The number of hydrogen-bond donors (Lipinski definition) is 1. The quantitative estimate of drug-likeness (QED) is 0.589. The molecule has 1 heterocycles. The standard InChI is InChI=1S/C20H26ClN2OP/c21-18-3-1-16(2-4-18)15-17-9-12-23(13-10-17)22-11-14-24-19-5-7-20(25)8-6-19/h1-8,17,22H,9-15,25H2. The first kappa shape index (κ1) is 18.7. The maximum atomic E-state index is 5.95. The summed E-state index contributed by atoms with van der Waals surface area (Å²) >= 11 is 5.95. The summed E-state index contributed by atoms with van der Waals surface area (Å²) in [6.45, 7) is 3.71. The van der Waals surface area contributed by atoms with Gasteiger partial charge in [-0.15, -0.1) is 9.24 Å². The van der Waals surface area contributed by atoms with Crippen molar-refractivity contribution in [3.05, 3.63) is 59.1 Å². The molecule has 0 saturated carbocycles. The summed E-state index contributed by atoms with van der Waals surface area (Å²) in [7, 11) is 2.68. The van der Waals surface area contributed by atoms with Crippen LogP contribution in [0.5, 0.6) is 5.75 Å². The third-order valence-corrected chi connectivity index (χ3v) is 5.28. The van der Waals surface area contributed by atoms with Gasteiger partial charge in [-0.25, -0.2) is 5.01 Å². The summed E-state index contributed by atoms with van der Waals surface area (Å²) in [6, 6.07) is 16.4. The maximum absolute atomic E-state index is 5.95. The predicted molar refractivity (Wildman–Crippen MR) is 109 cm³/mol. The Morgan fingerprint density at radius 3 is 2.40 bits per heavy atom. The molecular formula is C20H26ClN2OP. The summed E-state index contributed by atoms with van der Waals surface area (Å²) in [6.07, 6.45) is 3.61. The van der Waals surface area contributed by atoms with Gasteiger partial charge >= 0.3 is 0 Å². The third-order valence-electron chi connectivity index (χ3n) is 4.64. The van der Waals surface area contributed by atoms with Gasteiger partial charge in [-0.3, -0.25) is 5.43 Å². The molecule has 1 aliphatic heterocycles. The lowest BCUT2D eigenvalue weighted by Crippen LogP contribution is -2.45. The number of hydrogen-bond acceptors (Lipinski definition) is 3. The van der Waals surface area contributed by atoms with Crippen molar-refractivity contribution in [2.24, 2.45) is 5.92 Å². The largest absolute Gasteiger partial charge is 0.492 e. The average Bonchev–Trinajstić information content (AvgIpc) is 2.63. The van der Waals surface area contributed by atoms with Crippen LogP contribution >= 0.6 is 20.8 Å². The van der Waals surface area contributed by atoms with Gasteiger partial charge in [-0.05, 0) is 60.3 Å². The molecule has 1 fully saturated rings. The fraction of sp³-hybridized carbons (Fsp3) is 0.400. The molecule has 0 aliphatic carbocycles. The van der Waals surface area contributed by atoms with E-state index in [9.17, 15) is 0 Å². The smallest absolute Gasteiger partial charge is 0.119 e. The summed E-state index contributed by atoms with van der Waals surface area (Å²) in [5.41, 5.74) is 4.87. The Morgan fingerprint density at radius 2 is 1.72 bits per heavy atom. The van der Waals surface area contributed by atoms with Gasteiger partial charge in [0.15, 0.2) is 0 Å². The summed E-state index contributed by atoms with van der Waals surface area (Å²) in [5, 5.41) is 4.31. The molecule has 0 aromatic heterocycles. The second kappa shape index (κ2) is 9.54. The molecule has 1 N–H and O–H groups in total. The highest BCUT2D eigenvalue weighted by Crippen LogP contribution is 2.21. The van der Waals surface area contributed by atoms with E-state index >= 15 is 0 Å². The van der Waals surface area contributed by atoms with E-state index in [1.807, 2.05) is 36.4 Å². The van der Waals surface area contributed by atoms with Crippen LogP contribution in [0.25, 0.3) is 0 Å². The zero-order valence-electron chi connectivity index (χ0n) is 14.5. The van der Waals surface area contributed by atoms with E-state index in [1.54, 1.807) is 0 Å². The molecule has 3 nitrogen and oxygen atoms in total. The first-order chi connectivity index (χ1) is 12.2. The second-order valence-corrected chi connectivity index (χ2v) is 7.69. The fourth-order valence-corrected chi connectivity index (χ4v) is 3.50. The second-order valence-electron chi connectivity index (χ2n) is 6.59. The Bertz CT molecular complexity index is 637. The van der Waals surface area contributed by atoms with Gasteiger partial charge in [-0.2, -0.15) is 0 Å². The Balaban J connectivity index is 1.31. The van der Waals surface area contributed by atoms with Crippen molar-refractivity contribution in [2.45, 2.75) is 19.3 Å². The first-order valence-corrected chi connectivity index (χ1v) is 9.86. The summed E-state index contributed by atoms with van der Waals surface area (Å²) < 4.78 is 5.75. The van der Waals surface area contributed by atoms with Crippen molar-refractivity contribution in [1.82, 2.24) is 10.4 Å². The van der Waals surface area contributed by atoms with Crippen LogP contribution in [0.4, 0.5) is 0 Å². The van der Waals surface area contributed by atoms with Gasteiger partial charge in [0.1, 0.15) is 12.4 Å². The van der Waals surface area contributed by atoms with Crippen LogP contribution in [0, 0.1) is 5.92 Å². The van der Waals surface area contributed by atoms with Gasteiger partial charge in [0.2, 0.25) is 0 Å².